The van der Waals surface area contributed by atoms with Crippen molar-refractivity contribution in [2.24, 2.45) is 0 Å². The molecule has 1 aromatic carbocycles. The number of rotatable bonds is 3. The summed E-state index contributed by atoms with van der Waals surface area (Å²) in [5, 5.41) is -0.448. The Balaban J connectivity index is 1.46. The Bertz CT molecular complexity index is 989. The van der Waals surface area contributed by atoms with Crippen molar-refractivity contribution in [3.8, 4) is 0 Å². The lowest BCUT2D eigenvalue weighted by molar-refractivity contribution is 0.0295. The first-order valence-electron chi connectivity index (χ1n) is 10.7. The van der Waals surface area contributed by atoms with E-state index in [-0.39, 0.29) is 16.5 Å². The Morgan fingerprint density at radius 2 is 1.94 bits per heavy atom. The fraction of sp³-hybridized carbons (Fsp3) is 0.591. The summed E-state index contributed by atoms with van der Waals surface area (Å²) in [6.07, 6.45) is 5.28. The van der Waals surface area contributed by atoms with E-state index in [1.54, 1.807) is 32.9 Å². The number of piperazine rings is 1. The molecule has 7 nitrogen and oxygen atoms in total. The van der Waals surface area contributed by atoms with Crippen LogP contribution in [-0.2, 0) is 14.6 Å². The van der Waals surface area contributed by atoms with Crippen LogP contribution in [0.5, 0.6) is 0 Å². The lowest BCUT2D eigenvalue weighted by Crippen LogP contribution is -2.49. The van der Waals surface area contributed by atoms with Crippen molar-refractivity contribution < 1.29 is 17.9 Å². The normalized spacial score (nSPS) is 23.9. The van der Waals surface area contributed by atoms with Gasteiger partial charge in [0.2, 0.25) is 0 Å². The Kier molecular flexibility index (Phi) is 5.89. The fourth-order valence-electron chi connectivity index (χ4n) is 4.43. The zero-order valence-electron chi connectivity index (χ0n) is 18.3. The molecule has 3 aliphatic heterocycles. The average Bonchev–Trinajstić information content (AvgIpc) is 3.35. The molecule has 4 rings (SSSR count). The van der Waals surface area contributed by atoms with Gasteiger partial charge >= 0.3 is 6.09 Å². The van der Waals surface area contributed by atoms with E-state index in [2.05, 4.69) is 22.1 Å². The van der Waals surface area contributed by atoms with Crippen LogP contribution >= 0.6 is 11.6 Å². The number of hydrogen-bond acceptors (Lipinski definition) is 6. The molecule has 2 fully saturated rings. The summed E-state index contributed by atoms with van der Waals surface area (Å²) in [6.45, 7) is 8.56. The van der Waals surface area contributed by atoms with E-state index in [1.165, 1.54) is 4.90 Å². The van der Waals surface area contributed by atoms with E-state index in [1.807, 2.05) is 6.07 Å². The molecule has 0 radical (unpaired) electrons. The van der Waals surface area contributed by atoms with Gasteiger partial charge in [0.05, 0.1) is 15.2 Å². The van der Waals surface area contributed by atoms with Gasteiger partial charge in [0.1, 0.15) is 5.60 Å². The first kappa shape index (κ1) is 22.3. The molecular weight excluding hydrogens is 438 g/mol. The minimum atomic E-state index is -3.66. The molecule has 0 unspecified atom stereocenters. The van der Waals surface area contributed by atoms with E-state index in [0.717, 1.165) is 31.7 Å². The summed E-state index contributed by atoms with van der Waals surface area (Å²) in [4.78, 5) is 18.5. The number of halogens is 1. The highest BCUT2D eigenvalue weighted by atomic mass is 35.5. The van der Waals surface area contributed by atoms with Crippen molar-refractivity contribution in [2.75, 3.05) is 37.6 Å². The number of sulfone groups is 1. The van der Waals surface area contributed by atoms with Crippen LogP contribution in [0.1, 0.15) is 33.6 Å². The SMILES string of the molecule is CC(C)(C)OC(=O)N1CC[C@H](S(=O)(=O)c2ccc(N3CCN4C=CC[C@H]4C3)cc2Cl)C1. The second kappa shape index (κ2) is 8.20. The van der Waals surface area contributed by atoms with E-state index in [0.29, 0.717) is 19.0 Å². The number of nitrogens with zero attached hydrogens (tertiary/aromatic N) is 3. The number of carbonyl (C=O) groups excluding carboxylic acids is 1. The van der Waals surface area contributed by atoms with Gasteiger partial charge in [-0.1, -0.05) is 17.7 Å². The summed E-state index contributed by atoms with van der Waals surface area (Å²) < 4.78 is 31.9. The minimum absolute atomic E-state index is 0.117. The van der Waals surface area contributed by atoms with Crippen molar-refractivity contribution in [1.82, 2.24) is 9.80 Å². The molecule has 0 N–H and O–H groups in total. The largest absolute Gasteiger partial charge is 0.444 e. The van der Waals surface area contributed by atoms with Crippen LogP contribution in [0.3, 0.4) is 0 Å². The Morgan fingerprint density at radius 1 is 1.16 bits per heavy atom. The van der Waals surface area contributed by atoms with Gasteiger partial charge in [0, 0.05) is 44.5 Å². The molecule has 1 aromatic rings. The average molecular weight is 468 g/mol. The third kappa shape index (κ3) is 4.65. The summed E-state index contributed by atoms with van der Waals surface area (Å²) in [6, 6.07) is 5.68. The fourth-order valence-corrected chi connectivity index (χ4v) is 6.67. The molecule has 1 amide bonds. The van der Waals surface area contributed by atoms with E-state index in [4.69, 9.17) is 16.3 Å². The van der Waals surface area contributed by atoms with Crippen molar-refractivity contribution in [3.05, 3.63) is 35.5 Å². The molecule has 0 aliphatic carbocycles. The number of benzene rings is 1. The number of ether oxygens (including phenoxy) is 1. The van der Waals surface area contributed by atoms with Gasteiger partial charge in [0.25, 0.3) is 0 Å². The number of anilines is 1. The van der Waals surface area contributed by atoms with Gasteiger partial charge in [-0.25, -0.2) is 13.2 Å². The molecule has 31 heavy (non-hydrogen) atoms. The maximum Gasteiger partial charge on any atom is 0.410 e. The molecule has 0 bridgehead atoms. The topological polar surface area (TPSA) is 70.2 Å². The van der Waals surface area contributed by atoms with Crippen LogP contribution in [0.4, 0.5) is 10.5 Å². The maximum atomic E-state index is 13.3. The Labute approximate surface area is 189 Å². The van der Waals surface area contributed by atoms with Gasteiger partial charge in [-0.05, 0) is 58.0 Å². The van der Waals surface area contributed by atoms with Crippen LogP contribution in [0.15, 0.2) is 35.4 Å². The zero-order valence-corrected chi connectivity index (χ0v) is 19.8. The van der Waals surface area contributed by atoms with Gasteiger partial charge in [-0.15, -0.1) is 0 Å². The Morgan fingerprint density at radius 3 is 2.65 bits per heavy atom. The molecule has 3 aliphatic rings. The molecule has 0 saturated carbocycles. The minimum Gasteiger partial charge on any atom is -0.444 e. The number of amides is 1. The molecule has 170 valence electrons. The zero-order chi connectivity index (χ0) is 22.4. The monoisotopic (exact) mass is 467 g/mol. The van der Waals surface area contributed by atoms with E-state index in [9.17, 15) is 13.2 Å². The summed E-state index contributed by atoms with van der Waals surface area (Å²) >= 11 is 6.48. The molecule has 2 saturated heterocycles. The molecular formula is C22H30ClN3O4S. The van der Waals surface area contributed by atoms with Crippen LogP contribution < -0.4 is 4.90 Å². The van der Waals surface area contributed by atoms with Crippen LogP contribution in [0.2, 0.25) is 5.02 Å². The smallest absolute Gasteiger partial charge is 0.410 e. The number of carbonyl (C=O) groups is 1. The summed E-state index contributed by atoms with van der Waals surface area (Å²) in [5.41, 5.74) is 0.324. The molecule has 0 spiro atoms. The summed E-state index contributed by atoms with van der Waals surface area (Å²) in [5.74, 6) is 0. The maximum absolute atomic E-state index is 13.3. The number of fused-ring (bicyclic) bond motifs is 1. The highest BCUT2D eigenvalue weighted by molar-refractivity contribution is 7.92. The van der Waals surface area contributed by atoms with Crippen molar-refractivity contribution in [3.63, 3.8) is 0 Å². The standard InChI is InChI=1S/C22H30ClN3O4S/c1-22(2,3)30-21(27)26-10-8-18(15-26)31(28,29)20-7-6-16(13-19(20)23)25-12-11-24-9-4-5-17(24)14-25/h4,6-7,9,13,17-18H,5,8,10-12,14-15H2,1-3H3/t17-,18-/m0/s1. The van der Waals surface area contributed by atoms with Crippen molar-refractivity contribution in [2.45, 2.75) is 55.4 Å². The van der Waals surface area contributed by atoms with Gasteiger partial charge in [0.15, 0.2) is 9.84 Å². The highest BCUT2D eigenvalue weighted by Crippen LogP contribution is 2.33. The lowest BCUT2D eigenvalue weighted by Gasteiger charge is -2.39. The summed E-state index contributed by atoms with van der Waals surface area (Å²) in [7, 11) is -3.66. The molecule has 9 heteroatoms. The van der Waals surface area contributed by atoms with Gasteiger partial charge < -0.3 is 19.4 Å². The first-order valence-corrected chi connectivity index (χ1v) is 12.7. The molecule has 3 heterocycles. The first-order chi connectivity index (χ1) is 14.5. The highest BCUT2D eigenvalue weighted by Gasteiger charge is 2.38. The second-order valence-corrected chi connectivity index (χ2v) is 12.1. The Hall–Kier alpha value is -1.93. The van der Waals surface area contributed by atoms with Gasteiger partial charge in [-0.2, -0.15) is 0 Å². The second-order valence-electron chi connectivity index (χ2n) is 9.45. The quantitative estimate of drug-likeness (QED) is 0.677. The third-order valence-electron chi connectivity index (χ3n) is 6.06. The van der Waals surface area contributed by atoms with Crippen LogP contribution in [0.25, 0.3) is 0 Å². The van der Waals surface area contributed by atoms with Crippen molar-refractivity contribution in [1.29, 1.82) is 0 Å². The number of hydrogen-bond donors (Lipinski definition) is 0. The predicted molar refractivity (Wildman–Crippen MR) is 121 cm³/mol. The van der Waals surface area contributed by atoms with Gasteiger partial charge in [-0.3, -0.25) is 0 Å². The van der Waals surface area contributed by atoms with E-state index >= 15 is 0 Å². The van der Waals surface area contributed by atoms with Crippen LogP contribution in [-0.4, -0.2) is 73.9 Å². The number of likely N-dealkylation sites (tertiary alicyclic amines) is 1. The third-order valence-corrected chi connectivity index (χ3v) is 8.71. The molecule has 0 aromatic heterocycles. The van der Waals surface area contributed by atoms with Crippen LogP contribution in [0, 0.1) is 0 Å². The van der Waals surface area contributed by atoms with Crippen molar-refractivity contribution >= 4 is 33.2 Å². The molecule has 2 atom stereocenters. The lowest BCUT2D eigenvalue weighted by atomic mass is 10.1. The van der Waals surface area contributed by atoms with E-state index < -0.39 is 26.8 Å². The predicted octanol–water partition coefficient (Wildman–Crippen LogP) is 3.53.